The van der Waals surface area contributed by atoms with E-state index in [-0.39, 0.29) is 6.29 Å². The lowest BCUT2D eigenvalue weighted by Crippen LogP contribution is -2.36. The average Bonchev–Trinajstić information content (AvgIpc) is 3.38. The highest BCUT2D eigenvalue weighted by atomic mass is 15.6. The monoisotopic (exact) mass is 392 g/mol. The maximum atomic E-state index is 5.05. The molecule has 1 atom stereocenters. The molecule has 6 nitrogen and oxygen atoms in total. The first-order chi connectivity index (χ1) is 14.6. The maximum Gasteiger partial charge on any atom is 0.221 e. The number of hydrogen-bond acceptors (Lipinski definition) is 4. The van der Waals surface area contributed by atoms with Crippen molar-refractivity contribution in [1.29, 1.82) is 0 Å². The highest BCUT2D eigenvalue weighted by molar-refractivity contribution is 5.90. The predicted molar refractivity (Wildman–Crippen MR) is 120 cm³/mol. The third-order valence-corrected chi connectivity index (χ3v) is 6.22. The van der Waals surface area contributed by atoms with Crippen LogP contribution in [0.5, 0.6) is 0 Å². The quantitative estimate of drug-likeness (QED) is 0.387. The third-order valence-electron chi connectivity index (χ3n) is 6.22. The first-order valence-electron chi connectivity index (χ1n) is 10.2. The van der Waals surface area contributed by atoms with Gasteiger partial charge in [-0.05, 0) is 73.9 Å². The van der Waals surface area contributed by atoms with Crippen LogP contribution in [0.2, 0.25) is 0 Å². The summed E-state index contributed by atoms with van der Waals surface area (Å²) in [6.45, 7) is 6.38. The van der Waals surface area contributed by atoms with E-state index < -0.39 is 0 Å². The molecule has 0 aliphatic carbocycles. The molecule has 7 rings (SSSR count). The molecule has 2 aromatic heterocycles. The van der Waals surface area contributed by atoms with Crippen LogP contribution in [0.1, 0.15) is 23.0 Å². The molecular weight excluding hydrogens is 372 g/mol. The third kappa shape index (κ3) is 1.88. The van der Waals surface area contributed by atoms with Crippen molar-refractivity contribution in [2.45, 2.75) is 27.1 Å². The molecule has 1 unspecified atom stereocenters. The Morgan fingerprint density at radius 1 is 0.733 bits per heavy atom. The van der Waals surface area contributed by atoms with E-state index >= 15 is 0 Å². The van der Waals surface area contributed by atoms with Crippen molar-refractivity contribution in [1.82, 2.24) is 19.1 Å². The first-order valence-corrected chi connectivity index (χ1v) is 10.2. The minimum atomic E-state index is -0.103. The molecule has 3 aromatic carbocycles. The van der Waals surface area contributed by atoms with E-state index in [1.165, 1.54) is 16.7 Å². The van der Waals surface area contributed by atoms with Gasteiger partial charge in [0.15, 0.2) is 6.29 Å². The van der Waals surface area contributed by atoms with Gasteiger partial charge in [0, 0.05) is 0 Å². The van der Waals surface area contributed by atoms with Crippen LogP contribution in [-0.4, -0.2) is 19.1 Å². The highest BCUT2D eigenvalue weighted by Crippen LogP contribution is 2.49. The Morgan fingerprint density at radius 2 is 1.37 bits per heavy atom. The van der Waals surface area contributed by atoms with Crippen molar-refractivity contribution < 1.29 is 0 Å². The van der Waals surface area contributed by atoms with Gasteiger partial charge >= 0.3 is 0 Å². The lowest BCUT2D eigenvalue weighted by Gasteiger charge is -2.33. The molecule has 30 heavy (non-hydrogen) atoms. The van der Waals surface area contributed by atoms with E-state index in [0.29, 0.717) is 0 Å². The molecule has 6 heteroatoms. The second-order valence-corrected chi connectivity index (χ2v) is 8.42. The summed E-state index contributed by atoms with van der Waals surface area (Å²) < 4.78 is 4.50. The fraction of sp³-hybridized carbons (Fsp3) is 0.167. The molecule has 146 valence electrons. The number of aryl methyl sites for hydroxylation is 3. The lowest BCUT2D eigenvalue weighted by atomic mass is 10.2. The summed E-state index contributed by atoms with van der Waals surface area (Å²) in [5.41, 5.74) is 10.1. The van der Waals surface area contributed by atoms with Crippen molar-refractivity contribution in [3.63, 3.8) is 0 Å². The van der Waals surface area contributed by atoms with Crippen LogP contribution in [0.25, 0.3) is 28.0 Å². The average molecular weight is 392 g/mol. The van der Waals surface area contributed by atoms with Gasteiger partial charge in [-0.1, -0.05) is 18.2 Å². The molecule has 2 aliphatic rings. The van der Waals surface area contributed by atoms with E-state index in [4.69, 9.17) is 9.97 Å². The summed E-state index contributed by atoms with van der Waals surface area (Å²) in [5.74, 6) is 1.80. The Labute approximate surface area is 173 Å². The van der Waals surface area contributed by atoms with Gasteiger partial charge in [0.2, 0.25) is 11.9 Å². The Morgan fingerprint density at radius 3 is 2.17 bits per heavy atom. The fourth-order valence-corrected chi connectivity index (χ4v) is 4.82. The van der Waals surface area contributed by atoms with Crippen molar-refractivity contribution >= 4 is 39.4 Å². The number of anilines is 3. The summed E-state index contributed by atoms with van der Waals surface area (Å²) in [5, 5.41) is 3.71. The molecule has 4 heterocycles. The van der Waals surface area contributed by atoms with Crippen LogP contribution in [0.15, 0.2) is 54.6 Å². The second kappa shape index (κ2) is 5.21. The van der Waals surface area contributed by atoms with Crippen LogP contribution in [0, 0.1) is 20.8 Å². The fourth-order valence-electron chi connectivity index (χ4n) is 4.82. The van der Waals surface area contributed by atoms with Gasteiger partial charge in [0.1, 0.15) is 0 Å². The first kappa shape index (κ1) is 16.0. The zero-order valence-electron chi connectivity index (χ0n) is 17.0. The van der Waals surface area contributed by atoms with Gasteiger partial charge in [-0.3, -0.25) is 9.47 Å². The number of hydrogen-bond donors (Lipinski definition) is 1. The molecule has 1 N–H and O–H groups in total. The zero-order valence-corrected chi connectivity index (χ0v) is 17.0. The highest BCUT2D eigenvalue weighted by Gasteiger charge is 2.41. The number of nitrogens with zero attached hydrogens (tertiary/aromatic N) is 5. The summed E-state index contributed by atoms with van der Waals surface area (Å²) in [6, 6.07) is 19.4. The number of fused-ring (bicyclic) bond motifs is 12. The van der Waals surface area contributed by atoms with E-state index in [1.807, 2.05) is 0 Å². The molecule has 0 amide bonds. The minimum absolute atomic E-state index is 0.103. The van der Waals surface area contributed by atoms with Crippen LogP contribution in [0.3, 0.4) is 0 Å². The van der Waals surface area contributed by atoms with Gasteiger partial charge in [0.25, 0.3) is 0 Å². The summed E-state index contributed by atoms with van der Waals surface area (Å²) in [6.07, 6.45) is -0.103. The zero-order chi connectivity index (χ0) is 20.1. The summed E-state index contributed by atoms with van der Waals surface area (Å²) >= 11 is 0. The van der Waals surface area contributed by atoms with Crippen molar-refractivity contribution in [3.8, 4) is 5.95 Å². The molecule has 5 aromatic rings. The molecule has 0 spiro atoms. The van der Waals surface area contributed by atoms with Gasteiger partial charge in [-0.15, -0.1) is 0 Å². The largest absolute Gasteiger partial charge is 0.346 e. The Balaban J connectivity index is 1.65. The molecule has 0 fully saturated rings. The lowest BCUT2D eigenvalue weighted by molar-refractivity contribution is 0.552. The van der Waals surface area contributed by atoms with Gasteiger partial charge < -0.3 is 5.32 Å². The topological polar surface area (TPSA) is 50.9 Å². The summed E-state index contributed by atoms with van der Waals surface area (Å²) in [4.78, 5) is 12.4. The van der Waals surface area contributed by atoms with E-state index in [2.05, 4.69) is 94.7 Å². The number of aromatic nitrogens is 4. The van der Waals surface area contributed by atoms with E-state index in [1.54, 1.807) is 0 Å². The van der Waals surface area contributed by atoms with Crippen LogP contribution < -0.4 is 10.2 Å². The number of benzene rings is 3. The minimum Gasteiger partial charge on any atom is -0.346 e. The molecule has 0 saturated heterocycles. The normalized spacial score (nSPS) is 16.4. The maximum absolute atomic E-state index is 5.05. The molecule has 2 aliphatic heterocycles. The van der Waals surface area contributed by atoms with Crippen molar-refractivity contribution in [2.75, 3.05) is 10.2 Å². The van der Waals surface area contributed by atoms with Crippen LogP contribution in [-0.2, 0) is 0 Å². The smallest absolute Gasteiger partial charge is 0.221 e. The summed E-state index contributed by atoms with van der Waals surface area (Å²) in [7, 11) is 0. The molecule has 0 bridgehead atoms. The number of nitrogens with one attached hydrogen (secondary N) is 1. The number of rotatable bonds is 0. The second-order valence-electron chi connectivity index (χ2n) is 8.42. The molecule has 0 radical (unpaired) electrons. The van der Waals surface area contributed by atoms with Crippen molar-refractivity contribution in [3.05, 3.63) is 71.3 Å². The van der Waals surface area contributed by atoms with E-state index in [0.717, 1.165) is 45.3 Å². The van der Waals surface area contributed by atoms with Crippen LogP contribution in [0.4, 0.5) is 17.3 Å². The molecule has 0 saturated carbocycles. The Bertz CT molecular complexity index is 1520. The standard InChI is InChI=1S/C24H20N6/c1-13-4-7-16-19(10-13)28-22(25-16)29-21-12-15(3)6-9-18(21)27-24(29)30-20-11-14(2)5-8-17(20)26-23(28)30/h4-12,22,25H,1-3H3. The Kier molecular flexibility index (Phi) is 2.79. The predicted octanol–water partition coefficient (Wildman–Crippen LogP) is 5.33. The number of imidazole rings is 2. The van der Waals surface area contributed by atoms with Crippen molar-refractivity contribution in [2.24, 2.45) is 0 Å². The van der Waals surface area contributed by atoms with Crippen LogP contribution >= 0.6 is 0 Å². The van der Waals surface area contributed by atoms with Gasteiger partial charge in [0.05, 0.1) is 33.4 Å². The van der Waals surface area contributed by atoms with Gasteiger partial charge in [-0.2, -0.15) is 0 Å². The van der Waals surface area contributed by atoms with Gasteiger partial charge in [-0.25, -0.2) is 14.5 Å². The molecular formula is C24H20N6. The van der Waals surface area contributed by atoms with E-state index in [9.17, 15) is 0 Å². The SMILES string of the molecule is Cc1ccc2c(c1)N1c3nc4ccc(C)cc4n3-c3nc4ccc(C)cc4n3C1N2. The Hall–Kier alpha value is -3.80.